The molecule has 1 aromatic heterocycles. The highest BCUT2D eigenvalue weighted by molar-refractivity contribution is 7.71. The number of rotatable bonds is 6. The van der Waals surface area contributed by atoms with Crippen molar-refractivity contribution in [1.82, 2.24) is 9.55 Å². The lowest BCUT2D eigenvalue weighted by atomic mass is 10.0. The molecule has 0 amide bonds. The van der Waals surface area contributed by atoms with Gasteiger partial charge in [-0.1, -0.05) is 0 Å². The van der Waals surface area contributed by atoms with Crippen LogP contribution in [0.4, 0.5) is 0 Å². The Labute approximate surface area is 173 Å². The van der Waals surface area contributed by atoms with Crippen LogP contribution in [0.5, 0.6) is 0 Å². The molecule has 3 heterocycles. The Kier molecular flexibility index (Phi) is 6.26. The smallest absolute Gasteiger partial charge is 0.397 e. The number of carbonyl (C=O) groups excluding carboxylic acids is 1. The lowest BCUT2D eigenvalue weighted by Crippen LogP contribution is -2.22. The van der Waals surface area contributed by atoms with Gasteiger partial charge in [-0.05, 0) is 44.0 Å². The van der Waals surface area contributed by atoms with Crippen molar-refractivity contribution in [1.29, 1.82) is 0 Å². The first-order chi connectivity index (χ1) is 14.1. The number of hydrogen-bond donors (Lipinski definition) is 1. The summed E-state index contributed by atoms with van der Waals surface area (Å²) >= 11 is 5.19. The molecule has 1 aliphatic carbocycles. The third kappa shape index (κ3) is 4.36. The van der Waals surface area contributed by atoms with Crippen molar-refractivity contribution in [2.75, 3.05) is 20.3 Å². The fourth-order valence-electron chi connectivity index (χ4n) is 3.43. The summed E-state index contributed by atoms with van der Waals surface area (Å²) in [7, 11) is 0.0886. The van der Waals surface area contributed by atoms with E-state index in [0.717, 1.165) is 36.4 Å². The third-order valence-corrected chi connectivity index (χ3v) is 6.28. The number of allylic oxidation sites excluding steroid dienone is 1. The molecule has 11 heteroatoms. The quantitative estimate of drug-likeness (QED) is 0.409. The van der Waals surface area contributed by atoms with Crippen molar-refractivity contribution in [2.24, 2.45) is 0 Å². The molecule has 1 aromatic rings. The number of aldehydes is 1. The summed E-state index contributed by atoms with van der Waals surface area (Å²) < 4.78 is 30.6. The van der Waals surface area contributed by atoms with E-state index in [1.807, 2.05) is 6.08 Å². The first kappa shape index (κ1) is 20.4. The minimum Gasteiger partial charge on any atom is -0.493 e. The summed E-state index contributed by atoms with van der Waals surface area (Å²) in [6.07, 6.45) is 6.59. The number of aromatic amines is 1. The number of hydrogen-bond acceptors (Lipinski definition) is 8. The fraction of sp³-hybridized carbons (Fsp3) is 0.500. The molecule has 0 spiro atoms. The van der Waals surface area contributed by atoms with Crippen LogP contribution in [0.3, 0.4) is 0 Å². The van der Waals surface area contributed by atoms with Crippen molar-refractivity contribution < 1.29 is 27.8 Å². The van der Waals surface area contributed by atoms with E-state index in [1.165, 1.54) is 6.20 Å². The van der Waals surface area contributed by atoms with E-state index in [2.05, 4.69) is 4.98 Å². The first-order valence-electron chi connectivity index (χ1n) is 9.25. The zero-order valence-corrected chi connectivity index (χ0v) is 17.5. The van der Waals surface area contributed by atoms with Gasteiger partial charge in [0.15, 0.2) is 22.6 Å². The van der Waals surface area contributed by atoms with E-state index in [-0.39, 0.29) is 22.7 Å². The molecule has 3 atom stereocenters. The van der Waals surface area contributed by atoms with E-state index in [0.29, 0.717) is 25.9 Å². The number of ether oxygens (including phenoxy) is 2. The van der Waals surface area contributed by atoms with Gasteiger partial charge >= 0.3 is 8.60 Å². The van der Waals surface area contributed by atoms with Crippen LogP contribution in [-0.2, 0) is 23.0 Å². The number of carbonyl (C=O) groups is 1. The van der Waals surface area contributed by atoms with Crippen molar-refractivity contribution in [3.05, 3.63) is 50.1 Å². The maximum atomic E-state index is 11.7. The molecule has 3 unspecified atom stereocenters. The average Bonchev–Trinajstić information content (AvgIpc) is 3.20. The topological polar surface area (TPSA) is 101 Å². The van der Waals surface area contributed by atoms with Crippen LogP contribution < -0.4 is 5.56 Å². The second-order valence-electron chi connectivity index (χ2n) is 6.79. The van der Waals surface area contributed by atoms with Crippen LogP contribution in [-0.4, -0.2) is 42.3 Å². The number of methoxy groups -OCH3 is 1. The van der Waals surface area contributed by atoms with E-state index in [9.17, 15) is 9.59 Å². The van der Waals surface area contributed by atoms with Crippen LogP contribution in [0.25, 0.3) is 0 Å². The molecule has 1 N–H and O–H groups in total. The Morgan fingerprint density at radius 3 is 3.10 bits per heavy atom. The van der Waals surface area contributed by atoms with Crippen LogP contribution in [0.2, 0.25) is 0 Å². The number of aromatic nitrogens is 2. The van der Waals surface area contributed by atoms with Crippen molar-refractivity contribution in [3.63, 3.8) is 0 Å². The Hall–Kier alpha value is -1.84. The van der Waals surface area contributed by atoms with Gasteiger partial charge in [0.1, 0.15) is 6.23 Å². The van der Waals surface area contributed by atoms with Crippen LogP contribution in [0.15, 0.2) is 34.2 Å². The number of nitrogens with one attached hydrogen (secondary N) is 1. The maximum absolute atomic E-state index is 11.7. The lowest BCUT2D eigenvalue weighted by molar-refractivity contribution is -0.0227. The molecule has 3 aliphatic rings. The number of nitrogens with zero attached hydrogens (tertiary/aromatic N) is 1. The van der Waals surface area contributed by atoms with E-state index in [1.54, 1.807) is 11.7 Å². The Morgan fingerprint density at radius 1 is 1.45 bits per heavy atom. The van der Waals surface area contributed by atoms with E-state index in [4.69, 9.17) is 35.3 Å². The van der Waals surface area contributed by atoms with Gasteiger partial charge in [0.05, 0.1) is 32.0 Å². The third-order valence-electron chi connectivity index (χ3n) is 4.93. The number of H-pyrrole nitrogens is 1. The summed E-state index contributed by atoms with van der Waals surface area (Å²) in [6, 6.07) is 0. The average molecular weight is 440 g/mol. The van der Waals surface area contributed by atoms with Crippen molar-refractivity contribution in [3.8, 4) is 0 Å². The predicted octanol–water partition coefficient (Wildman–Crippen LogP) is 3.26. The van der Waals surface area contributed by atoms with Gasteiger partial charge in [-0.15, -0.1) is 0 Å². The molecule has 2 aliphatic heterocycles. The maximum Gasteiger partial charge on any atom is 0.397 e. The highest BCUT2D eigenvalue weighted by Gasteiger charge is 2.33. The molecule has 4 rings (SSSR count). The molecular formula is C18H21N2O7PS. The van der Waals surface area contributed by atoms with E-state index < -0.39 is 14.2 Å². The molecule has 0 saturated carbocycles. The summed E-state index contributed by atoms with van der Waals surface area (Å²) in [5, 5.41) is 0. The molecule has 1 saturated heterocycles. The zero-order chi connectivity index (χ0) is 20.4. The van der Waals surface area contributed by atoms with E-state index >= 15 is 0 Å². The van der Waals surface area contributed by atoms with Gasteiger partial charge < -0.3 is 14.0 Å². The second kappa shape index (κ2) is 8.89. The molecule has 156 valence electrons. The zero-order valence-electron chi connectivity index (χ0n) is 15.8. The van der Waals surface area contributed by atoms with Crippen LogP contribution in [0.1, 0.15) is 42.3 Å². The summed E-state index contributed by atoms with van der Waals surface area (Å²) in [6.45, 7) is 0.769. The Balaban J connectivity index is 1.34. The summed E-state index contributed by atoms with van der Waals surface area (Å²) in [5.74, 6) is 1.45. The van der Waals surface area contributed by atoms with Crippen LogP contribution in [0, 0.1) is 4.77 Å². The van der Waals surface area contributed by atoms with Gasteiger partial charge in [-0.2, -0.15) is 0 Å². The van der Waals surface area contributed by atoms with Gasteiger partial charge in [0.25, 0.3) is 5.56 Å². The summed E-state index contributed by atoms with van der Waals surface area (Å²) in [5.41, 5.74) is 0.588. The van der Waals surface area contributed by atoms with Gasteiger partial charge in [0, 0.05) is 11.8 Å². The molecule has 0 aromatic carbocycles. The lowest BCUT2D eigenvalue weighted by Gasteiger charge is -2.29. The fourth-order valence-corrected chi connectivity index (χ4v) is 4.79. The molecule has 0 bridgehead atoms. The molecule has 29 heavy (non-hydrogen) atoms. The standard InChI is InChI=1S/C18H21N2O7PS/c1-23-14-4-2-3-11-9-24-28(27-16(11)14)25-10-13-5-6-15(26-13)20-7-12(8-21)17(22)19-18(20)29/h4,7-8,13,15H,2-3,5-6,9-10H2,1H3,(H,19,22,29). The molecule has 0 radical (unpaired) electrons. The van der Waals surface area contributed by atoms with Crippen LogP contribution >= 0.6 is 20.8 Å². The predicted molar refractivity (Wildman–Crippen MR) is 106 cm³/mol. The highest BCUT2D eigenvalue weighted by Crippen LogP contribution is 2.50. The normalized spacial score (nSPS) is 26.5. The minimum atomic E-state index is -1.53. The minimum absolute atomic E-state index is 0.00734. The van der Waals surface area contributed by atoms with Crippen molar-refractivity contribution >= 4 is 27.1 Å². The van der Waals surface area contributed by atoms with Crippen molar-refractivity contribution in [2.45, 2.75) is 38.0 Å². The molecule has 1 fully saturated rings. The summed E-state index contributed by atoms with van der Waals surface area (Å²) in [4.78, 5) is 25.2. The second-order valence-corrected chi connectivity index (χ2v) is 8.32. The van der Waals surface area contributed by atoms with Gasteiger partial charge in [0.2, 0.25) is 0 Å². The monoisotopic (exact) mass is 440 g/mol. The largest absolute Gasteiger partial charge is 0.493 e. The highest BCUT2D eigenvalue weighted by atomic mass is 32.1. The SMILES string of the molecule is COC1=CCCC2=C1OP(OCC1CCC(n3cc(C=O)c(=O)[nH]c3=S)O1)OC2. The Morgan fingerprint density at radius 2 is 2.31 bits per heavy atom. The van der Waals surface area contributed by atoms with Gasteiger partial charge in [-0.3, -0.25) is 28.2 Å². The van der Waals surface area contributed by atoms with Gasteiger partial charge in [-0.25, -0.2) is 0 Å². The Bertz CT molecular complexity index is 970. The molecular weight excluding hydrogens is 419 g/mol. The molecule has 9 nitrogen and oxygen atoms in total. The first-order valence-corrected chi connectivity index (χ1v) is 10.8.